The molecule has 6 heteroatoms. The minimum absolute atomic E-state index is 0.0544. The minimum atomic E-state index is -4.41. The summed E-state index contributed by atoms with van der Waals surface area (Å²) in [5.74, 6) is 5.34. The zero-order valence-corrected chi connectivity index (χ0v) is 14.0. The van der Waals surface area contributed by atoms with E-state index in [9.17, 15) is 18.0 Å². The number of alkyl halides is 3. The van der Waals surface area contributed by atoms with E-state index in [2.05, 4.69) is 17.2 Å². The molecular weight excluding hydrogens is 343 g/mol. The van der Waals surface area contributed by atoms with Gasteiger partial charge in [-0.15, -0.1) is 0 Å². The Bertz CT molecular complexity index is 777. The Morgan fingerprint density at radius 2 is 1.81 bits per heavy atom. The number of benzene rings is 2. The number of amides is 1. The Morgan fingerprint density at radius 3 is 2.54 bits per heavy atom. The Labute approximate surface area is 150 Å². The van der Waals surface area contributed by atoms with Gasteiger partial charge in [0.05, 0.1) is 12.1 Å². The molecule has 0 aromatic heterocycles. The molecule has 2 aromatic carbocycles. The van der Waals surface area contributed by atoms with Crippen LogP contribution in [0.1, 0.15) is 17.5 Å². The predicted octanol–water partition coefficient (Wildman–Crippen LogP) is 3.84. The van der Waals surface area contributed by atoms with E-state index in [0.29, 0.717) is 12.8 Å². The molecule has 2 rings (SSSR count). The smallest absolute Gasteiger partial charge is 0.416 e. The number of nitrogens with one attached hydrogen (secondary N) is 1. The van der Waals surface area contributed by atoms with E-state index in [1.165, 1.54) is 12.1 Å². The molecule has 1 amide bonds. The maximum Gasteiger partial charge on any atom is 0.416 e. The van der Waals surface area contributed by atoms with Gasteiger partial charge in [-0.2, -0.15) is 13.2 Å². The van der Waals surface area contributed by atoms with Gasteiger partial charge in [-0.1, -0.05) is 48.2 Å². The summed E-state index contributed by atoms with van der Waals surface area (Å²) in [6.07, 6.45) is -3.39. The molecule has 0 saturated heterocycles. The molecule has 1 N–H and O–H groups in total. The first-order valence-corrected chi connectivity index (χ1v) is 8.01. The van der Waals surface area contributed by atoms with Crippen LogP contribution in [0.5, 0.6) is 5.75 Å². The average Bonchev–Trinajstić information content (AvgIpc) is 2.63. The van der Waals surface area contributed by atoms with Crippen molar-refractivity contribution in [1.29, 1.82) is 0 Å². The van der Waals surface area contributed by atoms with Crippen molar-refractivity contribution in [2.45, 2.75) is 19.0 Å². The molecule has 2 aromatic rings. The lowest BCUT2D eigenvalue weighted by Crippen LogP contribution is -2.23. The van der Waals surface area contributed by atoms with Crippen LogP contribution in [0.2, 0.25) is 0 Å². The molecule has 136 valence electrons. The van der Waals surface area contributed by atoms with Crippen molar-refractivity contribution >= 4 is 5.91 Å². The second-order valence-electron chi connectivity index (χ2n) is 5.43. The molecule has 0 saturated carbocycles. The van der Waals surface area contributed by atoms with Crippen molar-refractivity contribution < 1.29 is 22.7 Å². The summed E-state index contributed by atoms with van der Waals surface area (Å²) >= 11 is 0. The quantitative estimate of drug-likeness (QED) is 0.794. The van der Waals surface area contributed by atoms with Crippen molar-refractivity contribution in [3.8, 4) is 17.6 Å². The number of ether oxygens (including phenoxy) is 1. The van der Waals surface area contributed by atoms with Gasteiger partial charge in [0.15, 0.2) is 0 Å². The van der Waals surface area contributed by atoms with Gasteiger partial charge in [-0.3, -0.25) is 4.79 Å². The third kappa shape index (κ3) is 6.89. The van der Waals surface area contributed by atoms with Crippen molar-refractivity contribution in [3.63, 3.8) is 0 Å². The molecule has 0 spiro atoms. The number of hydrogen-bond donors (Lipinski definition) is 1. The van der Waals surface area contributed by atoms with Crippen LogP contribution >= 0.6 is 0 Å². The highest BCUT2D eigenvalue weighted by atomic mass is 19.4. The fourth-order valence-electron chi connectivity index (χ4n) is 2.13. The van der Waals surface area contributed by atoms with Gasteiger partial charge in [0.25, 0.3) is 0 Å². The molecule has 0 radical (unpaired) electrons. The van der Waals surface area contributed by atoms with Crippen molar-refractivity contribution in [1.82, 2.24) is 5.32 Å². The summed E-state index contributed by atoms with van der Waals surface area (Å²) in [5, 5.41) is 2.66. The summed E-state index contributed by atoms with van der Waals surface area (Å²) in [5.41, 5.74) is 0.317. The molecule has 0 unspecified atom stereocenters. The molecule has 0 bridgehead atoms. The molecular formula is C20H18F3NO2. The van der Waals surface area contributed by atoms with E-state index < -0.39 is 11.7 Å². The lowest BCUT2D eigenvalue weighted by Gasteiger charge is -2.08. The molecule has 26 heavy (non-hydrogen) atoms. The highest BCUT2D eigenvalue weighted by Gasteiger charge is 2.30. The fraction of sp³-hybridized carbons (Fsp3) is 0.250. The van der Waals surface area contributed by atoms with Gasteiger partial charge in [-0.25, -0.2) is 0 Å². The summed E-state index contributed by atoms with van der Waals surface area (Å²) in [7, 11) is 0. The molecule has 0 fully saturated rings. The maximum atomic E-state index is 12.6. The van der Waals surface area contributed by atoms with Crippen LogP contribution in [0.15, 0.2) is 54.6 Å². The number of carbonyl (C=O) groups is 1. The lowest BCUT2D eigenvalue weighted by molar-refractivity contribution is -0.137. The van der Waals surface area contributed by atoms with Gasteiger partial charge < -0.3 is 10.1 Å². The molecule has 0 atom stereocenters. The van der Waals surface area contributed by atoms with Crippen LogP contribution in [-0.2, 0) is 17.4 Å². The maximum absolute atomic E-state index is 12.6. The van der Waals surface area contributed by atoms with Crippen molar-refractivity contribution in [3.05, 3.63) is 65.7 Å². The SMILES string of the molecule is O=C(CCc1ccccc1)NCC#CCOc1cccc(C(F)(F)F)c1. The molecule has 0 aliphatic carbocycles. The molecule has 3 nitrogen and oxygen atoms in total. The normalized spacial score (nSPS) is 10.6. The van der Waals surface area contributed by atoms with Gasteiger partial charge in [-0.05, 0) is 30.2 Å². The molecule has 0 aliphatic rings. The topological polar surface area (TPSA) is 38.3 Å². The van der Waals surface area contributed by atoms with Crippen LogP contribution in [0.3, 0.4) is 0 Å². The first-order valence-electron chi connectivity index (χ1n) is 8.01. The van der Waals surface area contributed by atoms with Crippen LogP contribution in [-0.4, -0.2) is 19.1 Å². The van der Waals surface area contributed by atoms with Crippen LogP contribution < -0.4 is 10.1 Å². The van der Waals surface area contributed by atoms with Crippen LogP contribution in [0, 0.1) is 11.8 Å². The zero-order valence-electron chi connectivity index (χ0n) is 14.0. The molecule has 0 aliphatic heterocycles. The standard InChI is InChI=1S/C20H18F3NO2/c21-20(22,23)17-9-6-10-18(15-17)26-14-5-4-13-24-19(25)12-11-16-7-2-1-3-8-16/h1-3,6-10,15H,11-14H2,(H,24,25). The summed E-state index contributed by atoms with van der Waals surface area (Å²) < 4.78 is 42.9. The number of rotatable bonds is 6. The van der Waals surface area contributed by atoms with E-state index in [1.807, 2.05) is 30.3 Å². The van der Waals surface area contributed by atoms with Crippen molar-refractivity contribution in [2.24, 2.45) is 0 Å². The first-order chi connectivity index (χ1) is 12.4. The van der Waals surface area contributed by atoms with Gasteiger partial charge in [0.2, 0.25) is 5.91 Å². The monoisotopic (exact) mass is 361 g/mol. The van der Waals surface area contributed by atoms with Gasteiger partial charge in [0.1, 0.15) is 12.4 Å². The lowest BCUT2D eigenvalue weighted by atomic mass is 10.1. The average molecular weight is 361 g/mol. The Morgan fingerprint density at radius 1 is 1.04 bits per heavy atom. The highest BCUT2D eigenvalue weighted by Crippen LogP contribution is 2.31. The van der Waals surface area contributed by atoms with E-state index in [0.717, 1.165) is 17.7 Å². The second kappa shape index (κ2) is 9.52. The third-order valence-electron chi connectivity index (χ3n) is 3.45. The first kappa shape index (κ1) is 19.4. The predicted molar refractivity (Wildman–Crippen MR) is 92.5 cm³/mol. The number of halogens is 3. The molecule has 0 heterocycles. The third-order valence-corrected chi connectivity index (χ3v) is 3.45. The largest absolute Gasteiger partial charge is 0.481 e. The summed E-state index contributed by atoms with van der Waals surface area (Å²) in [4.78, 5) is 11.7. The van der Waals surface area contributed by atoms with Crippen LogP contribution in [0.4, 0.5) is 13.2 Å². The number of carbonyl (C=O) groups excluding carboxylic acids is 1. The Hall–Kier alpha value is -2.94. The minimum Gasteiger partial charge on any atom is -0.481 e. The van der Waals surface area contributed by atoms with Gasteiger partial charge in [0, 0.05) is 6.42 Å². The fourth-order valence-corrected chi connectivity index (χ4v) is 2.13. The van der Waals surface area contributed by atoms with Crippen molar-refractivity contribution in [2.75, 3.05) is 13.2 Å². The number of hydrogen-bond acceptors (Lipinski definition) is 2. The summed E-state index contributed by atoms with van der Waals surface area (Å²) in [6, 6.07) is 14.3. The van der Waals surface area contributed by atoms with E-state index in [4.69, 9.17) is 4.74 Å². The summed E-state index contributed by atoms with van der Waals surface area (Å²) in [6.45, 7) is 0.112. The van der Waals surface area contributed by atoms with E-state index >= 15 is 0 Å². The van der Waals surface area contributed by atoms with Crippen LogP contribution in [0.25, 0.3) is 0 Å². The van der Waals surface area contributed by atoms with Gasteiger partial charge >= 0.3 is 6.18 Å². The zero-order chi connectivity index (χ0) is 18.8. The highest BCUT2D eigenvalue weighted by molar-refractivity contribution is 5.76. The number of aryl methyl sites for hydroxylation is 1. The second-order valence-corrected chi connectivity index (χ2v) is 5.43. The van der Waals surface area contributed by atoms with E-state index in [1.54, 1.807) is 0 Å². The van der Waals surface area contributed by atoms with E-state index in [-0.39, 0.29) is 24.8 Å². The Kier molecular flexibility index (Phi) is 7.10. The Balaban J connectivity index is 1.67.